The molecule has 5 aliphatic rings. The summed E-state index contributed by atoms with van der Waals surface area (Å²) in [5.41, 5.74) is 0.571. The number of nitrogens with one attached hydrogen (secondary N) is 3. The number of rotatable bonds is 8. The summed E-state index contributed by atoms with van der Waals surface area (Å²) in [4.78, 5) is 80.6. The van der Waals surface area contributed by atoms with Crippen LogP contribution >= 0.6 is 0 Å². The number of likely N-dealkylation sites (N-methyl/N-ethyl adjacent to an activating group) is 3. The number of hydrogen-bond donors (Lipinski definition) is 5. The quantitative estimate of drug-likeness (QED) is 0.0982. The molecule has 0 saturated carbocycles. The van der Waals surface area contributed by atoms with E-state index in [0.29, 0.717) is 63.6 Å². The Kier molecular flexibility index (Phi) is 14.4. The molecule has 21 heteroatoms. The average Bonchev–Trinajstić information content (AvgIpc) is 3.24. The number of carbonyl (C=O) groups excluding carboxylic acids is 5. The van der Waals surface area contributed by atoms with Gasteiger partial charge in [-0.1, -0.05) is 26.0 Å². The molecule has 5 heterocycles. The number of fused-ring (bicyclic) bond motifs is 1. The molecule has 2 aromatic rings. The number of esters is 3. The van der Waals surface area contributed by atoms with E-state index in [9.17, 15) is 34.2 Å². The van der Waals surface area contributed by atoms with Crippen molar-refractivity contribution < 1.29 is 48.4 Å². The van der Waals surface area contributed by atoms with Crippen molar-refractivity contribution in [1.29, 1.82) is 10.8 Å². The van der Waals surface area contributed by atoms with Gasteiger partial charge in [0.2, 0.25) is 5.91 Å². The minimum Gasteiger partial charge on any atom is -0.508 e. The molecule has 4 unspecified atom stereocenters. The largest absolute Gasteiger partial charge is 0.508 e. The number of aromatic hydroxyl groups is 2. The van der Waals surface area contributed by atoms with Crippen LogP contribution in [0.5, 0.6) is 11.5 Å². The number of amidine groups is 2. The van der Waals surface area contributed by atoms with Crippen LogP contribution in [0.3, 0.4) is 0 Å². The molecule has 5 N–H and O–H groups in total. The molecule has 5 fully saturated rings. The Hall–Kier alpha value is -5.71. The highest BCUT2D eigenvalue weighted by atomic mass is 16.6. The van der Waals surface area contributed by atoms with Crippen molar-refractivity contribution in [2.75, 3.05) is 117 Å². The van der Waals surface area contributed by atoms with Crippen LogP contribution in [0.25, 0.3) is 0 Å². The fourth-order valence-corrected chi connectivity index (χ4v) is 9.27. The normalized spacial score (nSPS) is 25.2. The summed E-state index contributed by atoms with van der Waals surface area (Å²) in [7, 11) is 3.54. The maximum absolute atomic E-state index is 14.1. The van der Waals surface area contributed by atoms with E-state index in [1.165, 1.54) is 6.07 Å². The average molecular weight is 904 g/mol. The predicted molar refractivity (Wildman–Crippen MR) is 236 cm³/mol. The summed E-state index contributed by atoms with van der Waals surface area (Å²) in [5.74, 6) is -3.62. The van der Waals surface area contributed by atoms with Gasteiger partial charge in [-0.15, -0.1) is 0 Å². The molecule has 21 nitrogen and oxygen atoms in total. The second-order valence-corrected chi connectivity index (χ2v) is 17.8. The zero-order valence-corrected chi connectivity index (χ0v) is 37.7. The van der Waals surface area contributed by atoms with Crippen LogP contribution in [0.2, 0.25) is 0 Å². The number of hydrogen-bond acceptors (Lipinski definition) is 18. The maximum Gasteiger partial charge on any atom is 0.322 e. The van der Waals surface area contributed by atoms with Crippen LogP contribution < -0.4 is 10.2 Å². The SMILES string of the molecule is CCNC(=O)C(=N)N(C(=N)c1cc(C(C)C)c(O)cc1O)c1ccc(CN2CCN(C(=O)CN3CCN(C)CC(=O)OC4CN5CC(=O)OC6(CN(C)CC(=O)OC(C3)N46)C5)CC2)cc1. The minimum absolute atomic E-state index is 0.000685. The predicted octanol–water partition coefficient (Wildman–Crippen LogP) is -0.387. The minimum atomic E-state index is -1.27. The zero-order chi connectivity index (χ0) is 46.7. The lowest BCUT2D eigenvalue weighted by molar-refractivity contribution is -0.305. The van der Waals surface area contributed by atoms with Crippen molar-refractivity contribution in [2.24, 2.45) is 0 Å². The molecule has 65 heavy (non-hydrogen) atoms. The lowest BCUT2D eigenvalue weighted by Crippen LogP contribution is -2.78. The summed E-state index contributed by atoms with van der Waals surface area (Å²) in [6.45, 7) is 10.0. The molecule has 4 atom stereocenters. The number of carbonyl (C=O) groups is 5. The van der Waals surface area contributed by atoms with E-state index in [1.807, 2.05) is 45.6 Å². The highest BCUT2D eigenvalue weighted by molar-refractivity contribution is 6.48. The lowest BCUT2D eigenvalue weighted by atomic mass is 9.98. The van der Waals surface area contributed by atoms with E-state index in [1.54, 1.807) is 43.0 Å². The van der Waals surface area contributed by atoms with Crippen LogP contribution in [0.4, 0.5) is 5.69 Å². The smallest absolute Gasteiger partial charge is 0.322 e. The van der Waals surface area contributed by atoms with E-state index >= 15 is 0 Å². The van der Waals surface area contributed by atoms with Gasteiger partial charge >= 0.3 is 17.9 Å². The van der Waals surface area contributed by atoms with Gasteiger partial charge in [0.05, 0.1) is 57.9 Å². The summed E-state index contributed by atoms with van der Waals surface area (Å²) in [6.07, 6.45) is -1.87. The molecule has 352 valence electrons. The first-order valence-electron chi connectivity index (χ1n) is 22.0. The van der Waals surface area contributed by atoms with Gasteiger partial charge in [-0.2, -0.15) is 4.90 Å². The fraction of sp³-hybridized carbons (Fsp3) is 0.568. The molecule has 2 bridgehead atoms. The van der Waals surface area contributed by atoms with Crippen molar-refractivity contribution in [2.45, 2.75) is 51.4 Å². The Labute approximate surface area is 378 Å². The molecule has 1 spiro atoms. The Bertz CT molecular complexity index is 2170. The Balaban J connectivity index is 1.02. The Morgan fingerprint density at radius 2 is 1.48 bits per heavy atom. The molecular formula is C44H61N11O10. The highest BCUT2D eigenvalue weighted by Gasteiger charge is 2.58. The van der Waals surface area contributed by atoms with E-state index in [-0.39, 0.29) is 87.1 Å². The summed E-state index contributed by atoms with van der Waals surface area (Å²) in [6, 6.07) is 9.78. The second-order valence-electron chi connectivity index (χ2n) is 17.8. The fourth-order valence-electron chi connectivity index (χ4n) is 9.27. The third-order valence-corrected chi connectivity index (χ3v) is 12.4. The highest BCUT2D eigenvalue weighted by Crippen LogP contribution is 2.37. The van der Waals surface area contributed by atoms with Crippen molar-refractivity contribution in [1.82, 2.24) is 39.6 Å². The molecule has 2 amide bonds. The first-order valence-corrected chi connectivity index (χ1v) is 22.0. The molecule has 0 aromatic heterocycles. The zero-order valence-electron chi connectivity index (χ0n) is 37.7. The van der Waals surface area contributed by atoms with Gasteiger partial charge in [0.15, 0.2) is 24.0 Å². The number of benzene rings is 2. The first kappa shape index (κ1) is 47.3. The van der Waals surface area contributed by atoms with Gasteiger partial charge in [-0.25, -0.2) is 0 Å². The molecule has 5 saturated heterocycles. The number of anilines is 1. The lowest BCUT2D eigenvalue weighted by Gasteiger charge is -2.58. The Morgan fingerprint density at radius 1 is 0.831 bits per heavy atom. The number of phenols is 2. The number of phenolic OH excluding ortho intramolecular Hbond substituents is 2. The molecule has 2 aromatic carbocycles. The molecule has 0 radical (unpaired) electrons. The number of morpholine rings is 1. The van der Waals surface area contributed by atoms with E-state index in [0.717, 1.165) is 16.5 Å². The molecule has 0 aliphatic carbocycles. The van der Waals surface area contributed by atoms with Gasteiger partial charge in [-0.05, 0) is 56.3 Å². The topological polar surface area (TPSA) is 239 Å². The van der Waals surface area contributed by atoms with Crippen LogP contribution in [0.1, 0.15) is 43.4 Å². The van der Waals surface area contributed by atoms with Gasteiger partial charge < -0.3 is 34.6 Å². The van der Waals surface area contributed by atoms with Crippen molar-refractivity contribution in [3.63, 3.8) is 0 Å². The molecule has 5 aliphatic heterocycles. The van der Waals surface area contributed by atoms with Crippen molar-refractivity contribution in [3.05, 3.63) is 53.1 Å². The summed E-state index contributed by atoms with van der Waals surface area (Å²) >= 11 is 0. The van der Waals surface area contributed by atoms with Crippen LogP contribution in [0, 0.1) is 10.8 Å². The third-order valence-electron chi connectivity index (χ3n) is 12.4. The number of amides is 2. The van der Waals surface area contributed by atoms with Crippen molar-refractivity contribution in [3.8, 4) is 11.5 Å². The van der Waals surface area contributed by atoms with Crippen molar-refractivity contribution >= 4 is 47.1 Å². The number of piperazine rings is 2. The van der Waals surface area contributed by atoms with Gasteiger partial charge in [-0.3, -0.25) is 64.2 Å². The van der Waals surface area contributed by atoms with Gasteiger partial charge in [0.1, 0.15) is 17.3 Å². The van der Waals surface area contributed by atoms with Crippen LogP contribution in [-0.4, -0.2) is 216 Å². The molecule has 7 rings (SSSR count). The van der Waals surface area contributed by atoms with Gasteiger partial charge in [0.25, 0.3) is 5.91 Å². The molecular weight excluding hydrogens is 843 g/mol. The van der Waals surface area contributed by atoms with E-state index in [2.05, 4.69) is 10.2 Å². The number of nitrogens with zero attached hydrogens (tertiary/aromatic N) is 8. The van der Waals surface area contributed by atoms with Gasteiger partial charge in [0, 0.05) is 64.1 Å². The number of ether oxygens (including phenoxy) is 3. The standard InChI is InChI=1S/C44H61N11O10/c1-6-47-43(62)42(46)54(41(45)32-17-31(28(2)3)33(56)18-34(32)57)30-9-7-29(8-10-30)19-50-13-15-53(16-14-50)35(58)20-51-12-11-48(4)23-38(59)64-37-22-52-25-40(61)65-44(27-52)26-49(5)24-39(60)63-36(21-51)55(37)44/h7-10,17-18,28,36-37,45-46,56-57H,6,11-16,19-27H2,1-5H3,(H,47,62). The maximum atomic E-state index is 14.1. The first-order chi connectivity index (χ1) is 30.9. The summed E-state index contributed by atoms with van der Waals surface area (Å²) in [5, 5.41) is 41.6. The van der Waals surface area contributed by atoms with E-state index < -0.39 is 47.8 Å². The third kappa shape index (κ3) is 10.7. The summed E-state index contributed by atoms with van der Waals surface area (Å²) < 4.78 is 18.2. The monoisotopic (exact) mass is 903 g/mol. The van der Waals surface area contributed by atoms with E-state index in [4.69, 9.17) is 25.0 Å². The second kappa shape index (κ2) is 19.8. The van der Waals surface area contributed by atoms with Crippen LogP contribution in [-0.2, 0) is 44.7 Å². The van der Waals surface area contributed by atoms with Crippen LogP contribution in [0.15, 0.2) is 36.4 Å². The Morgan fingerprint density at radius 3 is 2.14 bits per heavy atom.